The maximum atomic E-state index is 12.5. The van der Waals surface area contributed by atoms with Gasteiger partial charge >= 0.3 is 5.97 Å². The van der Waals surface area contributed by atoms with Gasteiger partial charge in [0, 0.05) is 18.8 Å². The molecule has 0 bridgehead atoms. The van der Waals surface area contributed by atoms with Crippen molar-refractivity contribution in [1.29, 1.82) is 0 Å². The van der Waals surface area contributed by atoms with E-state index in [4.69, 9.17) is 13.6 Å². The number of hydrogen-bond acceptors (Lipinski definition) is 5. The molecule has 1 N–H and O–H groups in total. The van der Waals surface area contributed by atoms with Gasteiger partial charge in [-0.15, -0.1) is 0 Å². The van der Waals surface area contributed by atoms with Crippen LogP contribution >= 0.6 is 0 Å². The molecule has 0 aromatic heterocycles. The molecule has 0 aromatic carbocycles. The molecule has 1 aliphatic carbocycles. The minimum atomic E-state index is -2.07. The Morgan fingerprint density at radius 2 is 1.21 bits per heavy atom. The lowest BCUT2D eigenvalue weighted by atomic mass is 9.75. The van der Waals surface area contributed by atoms with Gasteiger partial charge in [0.05, 0.1) is 19.3 Å². The van der Waals surface area contributed by atoms with Crippen molar-refractivity contribution in [2.45, 2.75) is 115 Å². The van der Waals surface area contributed by atoms with Crippen molar-refractivity contribution in [2.24, 2.45) is 5.92 Å². The zero-order valence-corrected chi connectivity index (χ0v) is 22.2. The van der Waals surface area contributed by atoms with Crippen LogP contribution in [-0.2, 0) is 18.4 Å². The maximum Gasteiger partial charge on any atom is 0.338 e. The second kappa shape index (κ2) is 8.14. The third-order valence-corrected chi connectivity index (χ3v) is 16.3. The second-order valence-electron chi connectivity index (χ2n) is 11.6. The molecule has 0 aromatic rings. The zero-order chi connectivity index (χ0) is 22.3. The normalized spacial score (nSPS) is 30.2. The summed E-state index contributed by atoms with van der Waals surface area (Å²) >= 11 is 0. The molecule has 2 atom stereocenters. The summed E-state index contributed by atoms with van der Waals surface area (Å²) in [7, 11) is -2.82. The fourth-order valence-electron chi connectivity index (χ4n) is 3.13. The van der Waals surface area contributed by atoms with Crippen LogP contribution in [0.25, 0.3) is 0 Å². The van der Waals surface area contributed by atoms with E-state index in [0.29, 0.717) is 0 Å². The Labute approximate surface area is 174 Å². The third kappa shape index (κ3) is 5.47. The number of ether oxygens (including phenoxy) is 1. The van der Waals surface area contributed by atoms with Gasteiger partial charge in [-0.3, -0.25) is 0 Å². The van der Waals surface area contributed by atoms with Gasteiger partial charge in [0.15, 0.2) is 22.2 Å². The van der Waals surface area contributed by atoms with E-state index in [-0.39, 0.29) is 41.0 Å². The van der Waals surface area contributed by atoms with Crippen molar-refractivity contribution in [3.8, 4) is 0 Å². The number of aliphatic hydroxyl groups is 1. The number of esters is 1. The molecule has 0 unspecified atom stereocenters. The van der Waals surface area contributed by atoms with Crippen LogP contribution in [0.4, 0.5) is 0 Å². The van der Waals surface area contributed by atoms with E-state index in [1.165, 1.54) is 7.11 Å². The van der Waals surface area contributed by atoms with Crippen molar-refractivity contribution >= 4 is 22.6 Å². The first-order valence-electron chi connectivity index (χ1n) is 10.4. The van der Waals surface area contributed by atoms with E-state index in [1.54, 1.807) is 0 Å². The first-order valence-corrected chi connectivity index (χ1v) is 16.3. The highest BCUT2D eigenvalue weighted by molar-refractivity contribution is 6.74. The summed E-state index contributed by atoms with van der Waals surface area (Å²) in [6.07, 6.45) is 0.0251. The van der Waals surface area contributed by atoms with Crippen LogP contribution in [0.5, 0.6) is 0 Å². The lowest BCUT2D eigenvalue weighted by Gasteiger charge is -2.50. The van der Waals surface area contributed by atoms with E-state index in [2.05, 4.69) is 74.7 Å². The molecule has 166 valence electrons. The first-order chi connectivity index (χ1) is 12.3. The number of rotatable bonds is 5. The SMILES string of the molecule is COC(=O)C1(O)C[C@@H](O[Si](C)(C)C(C)(C)C)C(C)[C@H](O[Si](C)(C)C(C)(C)C)C1. The molecule has 0 saturated heterocycles. The topological polar surface area (TPSA) is 65.0 Å². The summed E-state index contributed by atoms with van der Waals surface area (Å²) in [5.41, 5.74) is -1.57. The van der Waals surface area contributed by atoms with Crippen LogP contribution < -0.4 is 0 Å². The van der Waals surface area contributed by atoms with Gasteiger partial charge in [0.25, 0.3) is 0 Å². The summed E-state index contributed by atoms with van der Waals surface area (Å²) in [6.45, 7) is 24.1. The third-order valence-electron chi connectivity index (χ3n) is 7.32. The second-order valence-corrected chi connectivity index (χ2v) is 21.1. The molecule has 0 aliphatic heterocycles. The van der Waals surface area contributed by atoms with Crippen LogP contribution in [0.1, 0.15) is 61.3 Å². The van der Waals surface area contributed by atoms with Crippen LogP contribution in [0.2, 0.25) is 36.3 Å². The average molecular weight is 433 g/mol. The molecule has 1 saturated carbocycles. The molecule has 1 rings (SSSR count). The Kier molecular flexibility index (Phi) is 7.50. The molecular formula is C21H44O5Si2. The Balaban J connectivity index is 3.25. The minimum absolute atomic E-state index is 0.0450. The molecular weight excluding hydrogens is 388 g/mol. The Bertz CT molecular complexity index is 522. The largest absolute Gasteiger partial charge is 0.467 e. The van der Waals surface area contributed by atoms with Gasteiger partial charge in [-0.1, -0.05) is 48.5 Å². The average Bonchev–Trinajstić information content (AvgIpc) is 2.48. The van der Waals surface area contributed by atoms with Crippen molar-refractivity contribution in [2.75, 3.05) is 7.11 Å². The smallest absolute Gasteiger partial charge is 0.338 e. The quantitative estimate of drug-likeness (QED) is 0.483. The molecule has 0 amide bonds. The summed E-state index contributed by atoms with van der Waals surface area (Å²) in [5, 5.41) is 11.3. The lowest BCUT2D eigenvalue weighted by molar-refractivity contribution is -0.179. The summed E-state index contributed by atoms with van der Waals surface area (Å²) in [5.74, 6) is -0.500. The first kappa shape index (κ1) is 25.8. The van der Waals surface area contributed by atoms with E-state index >= 15 is 0 Å². The number of carbonyl (C=O) groups is 1. The van der Waals surface area contributed by atoms with Crippen LogP contribution in [0, 0.1) is 5.92 Å². The molecule has 0 radical (unpaired) electrons. The van der Waals surface area contributed by atoms with E-state index < -0.39 is 28.2 Å². The number of hydrogen-bond donors (Lipinski definition) is 1. The monoisotopic (exact) mass is 432 g/mol. The Morgan fingerprint density at radius 3 is 1.46 bits per heavy atom. The Morgan fingerprint density at radius 1 is 0.893 bits per heavy atom. The number of methoxy groups -OCH3 is 1. The number of carbonyl (C=O) groups excluding carboxylic acids is 1. The van der Waals surface area contributed by atoms with Gasteiger partial charge in [0.1, 0.15) is 0 Å². The summed E-state index contributed by atoms with van der Waals surface area (Å²) in [6, 6.07) is 0. The predicted octanol–water partition coefficient (Wildman–Crippen LogP) is 5.10. The Hall–Kier alpha value is -0.216. The van der Waals surface area contributed by atoms with Gasteiger partial charge in [-0.05, 0) is 36.3 Å². The van der Waals surface area contributed by atoms with Gasteiger partial charge in [0.2, 0.25) is 0 Å². The fourth-order valence-corrected chi connectivity index (χ4v) is 5.94. The van der Waals surface area contributed by atoms with E-state index in [0.717, 1.165) is 0 Å². The molecule has 28 heavy (non-hydrogen) atoms. The molecule has 1 fully saturated rings. The van der Waals surface area contributed by atoms with Crippen molar-refractivity contribution in [3.05, 3.63) is 0 Å². The maximum absolute atomic E-state index is 12.5. The van der Waals surface area contributed by atoms with Crippen LogP contribution in [-0.4, -0.2) is 52.6 Å². The lowest BCUT2D eigenvalue weighted by Crippen LogP contribution is -2.59. The summed E-state index contributed by atoms with van der Waals surface area (Å²) in [4.78, 5) is 12.5. The summed E-state index contributed by atoms with van der Waals surface area (Å²) < 4.78 is 18.3. The highest BCUT2D eigenvalue weighted by Gasteiger charge is 2.54. The molecule has 0 heterocycles. The van der Waals surface area contributed by atoms with Crippen molar-refractivity contribution in [1.82, 2.24) is 0 Å². The predicted molar refractivity (Wildman–Crippen MR) is 120 cm³/mol. The zero-order valence-electron chi connectivity index (χ0n) is 20.2. The highest BCUT2D eigenvalue weighted by Crippen LogP contribution is 2.45. The van der Waals surface area contributed by atoms with E-state index in [1.807, 2.05) is 0 Å². The van der Waals surface area contributed by atoms with Gasteiger partial charge < -0.3 is 18.7 Å². The molecule has 1 aliphatic rings. The fraction of sp³-hybridized carbons (Fsp3) is 0.952. The van der Waals surface area contributed by atoms with Crippen LogP contribution in [0.15, 0.2) is 0 Å². The minimum Gasteiger partial charge on any atom is -0.467 e. The highest BCUT2D eigenvalue weighted by atomic mass is 28.4. The van der Waals surface area contributed by atoms with Gasteiger partial charge in [-0.2, -0.15) is 0 Å². The van der Waals surface area contributed by atoms with E-state index in [9.17, 15) is 9.90 Å². The molecule has 7 heteroatoms. The molecule has 0 spiro atoms. The van der Waals surface area contributed by atoms with Crippen LogP contribution in [0.3, 0.4) is 0 Å². The van der Waals surface area contributed by atoms with Crippen molar-refractivity contribution in [3.63, 3.8) is 0 Å². The van der Waals surface area contributed by atoms with Gasteiger partial charge in [-0.25, -0.2) is 4.79 Å². The standard InChI is InChI=1S/C21H44O5Si2/c1-15-16(25-27(9,10)19(2,3)4)13-21(23,18(22)24-8)14-17(15)26-28(11,12)20(5,6)7/h15-17,23H,13-14H2,1-12H3/t15?,16-,17-,21?/m1/s1. The molecule has 5 nitrogen and oxygen atoms in total. The van der Waals surface area contributed by atoms with Crippen molar-refractivity contribution < 1.29 is 23.5 Å².